The highest BCUT2D eigenvalue weighted by Gasteiger charge is 2.21. The molecule has 1 saturated heterocycles. The maximum Gasteiger partial charge on any atom is 0.329 e. The van der Waals surface area contributed by atoms with Crippen molar-refractivity contribution >= 4 is 11.9 Å². The summed E-state index contributed by atoms with van der Waals surface area (Å²) in [5.74, 6) is -0.923. The molecule has 2 N–H and O–H groups in total. The van der Waals surface area contributed by atoms with Crippen molar-refractivity contribution in [1.29, 1.82) is 0 Å². The number of carboxylic acid groups (broad SMARTS) is 1. The Morgan fingerprint density at radius 2 is 2.06 bits per heavy atom. The van der Waals surface area contributed by atoms with Crippen LogP contribution >= 0.6 is 0 Å². The first kappa shape index (κ1) is 13.9. The molecule has 0 spiro atoms. The summed E-state index contributed by atoms with van der Waals surface area (Å²) in [6.07, 6.45) is 1.88. The molecule has 0 aliphatic carbocycles. The Morgan fingerprint density at radius 1 is 1.41 bits per heavy atom. The number of carbonyl (C=O) groups is 2. The topological polar surface area (TPSA) is 84.9 Å². The van der Waals surface area contributed by atoms with Gasteiger partial charge in [0.15, 0.2) is 0 Å². The lowest BCUT2D eigenvalue weighted by Crippen LogP contribution is -2.42. The summed E-state index contributed by atoms with van der Waals surface area (Å²) < 4.78 is 9.95. The molecule has 98 valence electrons. The van der Waals surface area contributed by atoms with Gasteiger partial charge >= 0.3 is 5.97 Å². The number of ether oxygens (including phenoxy) is 2. The Hall–Kier alpha value is -1.14. The van der Waals surface area contributed by atoms with E-state index in [4.69, 9.17) is 14.6 Å². The minimum Gasteiger partial charge on any atom is -0.480 e. The van der Waals surface area contributed by atoms with Crippen molar-refractivity contribution < 1.29 is 24.2 Å². The highest BCUT2D eigenvalue weighted by molar-refractivity contribution is 5.78. The smallest absolute Gasteiger partial charge is 0.329 e. The molecule has 1 heterocycles. The zero-order chi connectivity index (χ0) is 12.7. The summed E-state index contributed by atoms with van der Waals surface area (Å²) in [6, 6.07) is 0.0693. The van der Waals surface area contributed by atoms with E-state index in [1.54, 1.807) is 0 Å². The molecular formula is C11H19NO5. The molecular weight excluding hydrogens is 226 g/mol. The molecule has 0 aromatic rings. The first-order valence-electron chi connectivity index (χ1n) is 5.76. The van der Waals surface area contributed by atoms with Crippen LogP contribution in [-0.4, -0.2) is 49.5 Å². The van der Waals surface area contributed by atoms with Crippen molar-refractivity contribution in [2.75, 3.05) is 26.4 Å². The summed E-state index contributed by atoms with van der Waals surface area (Å²) in [6.45, 7) is 2.77. The Bertz CT molecular complexity index is 263. The molecule has 1 atom stereocenters. The molecule has 0 aromatic heterocycles. The predicted molar refractivity (Wildman–Crippen MR) is 59.6 cm³/mol. The fourth-order valence-corrected chi connectivity index (χ4v) is 1.86. The number of hydrogen-bond donors (Lipinski definition) is 2. The Labute approximate surface area is 100 Å². The van der Waals surface area contributed by atoms with E-state index in [2.05, 4.69) is 5.32 Å². The third-order valence-corrected chi connectivity index (χ3v) is 2.82. The Morgan fingerprint density at radius 3 is 2.65 bits per heavy atom. The SMILES string of the molecule is CC(NC(=O)COCC(=O)O)C1CCOCC1. The zero-order valence-electron chi connectivity index (χ0n) is 9.98. The molecule has 17 heavy (non-hydrogen) atoms. The lowest BCUT2D eigenvalue weighted by molar-refractivity contribution is -0.143. The minimum atomic E-state index is -1.07. The predicted octanol–water partition coefficient (Wildman–Crippen LogP) is 0.0189. The maximum atomic E-state index is 11.4. The number of aliphatic carboxylic acids is 1. The number of carbonyl (C=O) groups excluding carboxylic acids is 1. The number of rotatable bonds is 6. The van der Waals surface area contributed by atoms with Gasteiger partial charge < -0.3 is 19.9 Å². The summed E-state index contributed by atoms with van der Waals surface area (Å²) in [4.78, 5) is 21.6. The second-order valence-electron chi connectivity index (χ2n) is 4.19. The van der Waals surface area contributed by atoms with Crippen LogP contribution in [-0.2, 0) is 19.1 Å². The van der Waals surface area contributed by atoms with E-state index in [0.717, 1.165) is 26.1 Å². The van der Waals surface area contributed by atoms with Gasteiger partial charge in [0.2, 0.25) is 5.91 Å². The van der Waals surface area contributed by atoms with Gasteiger partial charge in [-0.15, -0.1) is 0 Å². The van der Waals surface area contributed by atoms with Gasteiger partial charge in [0.05, 0.1) is 0 Å². The lowest BCUT2D eigenvalue weighted by atomic mass is 9.93. The first-order valence-corrected chi connectivity index (χ1v) is 5.76. The minimum absolute atomic E-state index is 0.0693. The Balaban J connectivity index is 2.18. The molecule has 0 aromatic carbocycles. The standard InChI is InChI=1S/C11H19NO5/c1-8(9-2-4-16-5-3-9)12-10(13)6-17-7-11(14)15/h8-9H,2-7H2,1H3,(H,12,13)(H,14,15). The summed E-state index contributed by atoms with van der Waals surface area (Å²) in [5.41, 5.74) is 0. The molecule has 0 radical (unpaired) electrons. The van der Waals surface area contributed by atoms with Gasteiger partial charge in [-0.25, -0.2) is 4.79 Å². The molecule has 6 nitrogen and oxygen atoms in total. The van der Waals surface area contributed by atoms with E-state index in [-0.39, 0.29) is 18.6 Å². The van der Waals surface area contributed by atoms with Crippen LogP contribution in [0.25, 0.3) is 0 Å². The van der Waals surface area contributed by atoms with Crippen molar-refractivity contribution in [1.82, 2.24) is 5.32 Å². The number of carboxylic acids is 1. The molecule has 0 bridgehead atoms. The van der Waals surface area contributed by atoms with E-state index < -0.39 is 12.6 Å². The highest BCUT2D eigenvalue weighted by Crippen LogP contribution is 2.18. The molecule has 0 saturated carbocycles. The van der Waals surface area contributed by atoms with Crippen LogP contribution in [0.4, 0.5) is 0 Å². The van der Waals surface area contributed by atoms with E-state index in [1.807, 2.05) is 6.92 Å². The van der Waals surface area contributed by atoms with Crippen LogP contribution < -0.4 is 5.32 Å². The highest BCUT2D eigenvalue weighted by atomic mass is 16.5. The van der Waals surface area contributed by atoms with Crippen LogP contribution in [0.15, 0.2) is 0 Å². The van der Waals surface area contributed by atoms with Crippen molar-refractivity contribution in [2.45, 2.75) is 25.8 Å². The molecule has 1 aliphatic heterocycles. The molecule has 1 fully saturated rings. The summed E-state index contributed by atoms with van der Waals surface area (Å²) >= 11 is 0. The van der Waals surface area contributed by atoms with E-state index in [9.17, 15) is 9.59 Å². The van der Waals surface area contributed by atoms with Crippen LogP contribution in [0.1, 0.15) is 19.8 Å². The van der Waals surface area contributed by atoms with Crippen LogP contribution in [0.5, 0.6) is 0 Å². The zero-order valence-corrected chi connectivity index (χ0v) is 9.98. The fraction of sp³-hybridized carbons (Fsp3) is 0.818. The van der Waals surface area contributed by atoms with Gasteiger partial charge in [-0.1, -0.05) is 0 Å². The summed E-state index contributed by atoms with van der Waals surface area (Å²) in [5, 5.41) is 11.2. The molecule has 1 amide bonds. The molecule has 1 unspecified atom stereocenters. The van der Waals surface area contributed by atoms with Gasteiger partial charge in [-0.2, -0.15) is 0 Å². The normalized spacial score (nSPS) is 18.6. The van der Waals surface area contributed by atoms with Crippen molar-refractivity contribution in [3.05, 3.63) is 0 Å². The van der Waals surface area contributed by atoms with Gasteiger partial charge in [0.1, 0.15) is 13.2 Å². The van der Waals surface area contributed by atoms with Crippen LogP contribution in [0.3, 0.4) is 0 Å². The second-order valence-corrected chi connectivity index (χ2v) is 4.19. The number of amides is 1. The largest absolute Gasteiger partial charge is 0.480 e. The maximum absolute atomic E-state index is 11.4. The van der Waals surface area contributed by atoms with Crippen molar-refractivity contribution in [2.24, 2.45) is 5.92 Å². The van der Waals surface area contributed by atoms with E-state index in [1.165, 1.54) is 0 Å². The fourth-order valence-electron chi connectivity index (χ4n) is 1.86. The van der Waals surface area contributed by atoms with Crippen LogP contribution in [0, 0.1) is 5.92 Å². The number of hydrogen-bond acceptors (Lipinski definition) is 4. The molecule has 1 aliphatic rings. The quantitative estimate of drug-likeness (QED) is 0.689. The van der Waals surface area contributed by atoms with Gasteiger partial charge in [0, 0.05) is 19.3 Å². The van der Waals surface area contributed by atoms with Crippen molar-refractivity contribution in [3.63, 3.8) is 0 Å². The third kappa shape index (κ3) is 5.65. The lowest BCUT2D eigenvalue weighted by Gasteiger charge is -2.28. The van der Waals surface area contributed by atoms with Gasteiger partial charge in [-0.3, -0.25) is 4.79 Å². The van der Waals surface area contributed by atoms with E-state index in [0.29, 0.717) is 5.92 Å². The summed E-state index contributed by atoms with van der Waals surface area (Å²) in [7, 11) is 0. The molecule has 6 heteroatoms. The monoisotopic (exact) mass is 245 g/mol. The number of nitrogens with one attached hydrogen (secondary N) is 1. The Kier molecular flexibility index (Phi) is 5.93. The second kappa shape index (κ2) is 7.24. The van der Waals surface area contributed by atoms with E-state index >= 15 is 0 Å². The third-order valence-electron chi connectivity index (χ3n) is 2.82. The van der Waals surface area contributed by atoms with Crippen LogP contribution in [0.2, 0.25) is 0 Å². The first-order chi connectivity index (χ1) is 8.09. The van der Waals surface area contributed by atoms with Gasteiger partial charge in [-0.05, 0) is 25.7 Å². The van der Waals surface area contributed by atoms with Gasteiger partial charge in [0.25, 0.3) is 0 Å². The average Bonchev–Trinajstić information content (AvgIpc) is 2.29. The average molecular weight is 245 g/mol. The van der Waals surface area contributed by atoms with Crippen molar-refractivity contribution in [3.8, 4) is 0 Å². The molecule has 1 rings (SSSR count).